The van der Waals surface area contributed by atoms with E-state index in [1.54, 1.807) is 0 Å². The van der Waals surface area contributed by atoms with Crippen LogP contribution in [0.1, 0.15) is 91.4 Å². The highest BCUT2D eigenvalue weighted by atomic mass is 16.1. The normalized spacial score (nSPS) is 43.5. The maximum atomic E-state index is 12.5. The van der Waals surface area contributed by atoms with E-state index in [9.17, 15) is 9.59 Å². The van der Waals surface area contributed by atoms with Crippen LogP contribution < -0.4 is 0 Å². The lowest BCUT2D eigenvalue weighted by Crippen LogP contribution is -2.51. The predicted molar refractivity (Wildman–Crippen MR) is 109 cm³/mol. The Morgan fingerprint density at radius 2 is 1.96 bits per heavy atom. The minimum atomic E-state index is 0.232. The Morgan fingerprint density at radius 1 is 1.15 bits per heavy atom. The summed E-state index contributed by atoms with van der Waals surface area (Å²) in [5.41, 5.74) is 1.72. The SMILES string of the molecule is CCCCC[C@H]1C[C@]2(C)[C@@H](C(C)=O)CC[C@H]2[C@@H]2CCC3=CC(=O)CC[C@@H]3[C@@H]12. The summed E-state index contributed by atoms with van der Waals surface area (Å²) in [6.45, 7) is 6.60. The maximum absolute atomic E-state index is 12.5. The number of hydrogen-bond acceptors (Lipinski definition) is 2. The lowest BCUT2D eigenvalue weighted by Gasteiger charge is -2.57. The summed E-state index contributed by atoms with van der Waals surface area (Å²) in [5, 5.41) is 0. The fourth-order valence-electron chi connectivity index (χ4n) is 8.12. The monoisotopic (exact) mass is 370 g/mol. The number of carbonyl (C=O) groups excluding carboxylic acids is 2. The van der Waals surface area contributed by atoms with Crippen LogP contribution >= 0.6 is 0 Å². The third-order valence-electron chi connectivity index (χ3n) is 9.09. The van der Waals surface area contributed by atoms with Crippen LogP contribution in [0, 0.1) is 40.9 Å². The second kappa shape index (κ2) is 7.48. The van der Waals surface area contributed by atoms with Crippen LogP contribution in [0.3, 0.4) is 0 Å². The minimum absolute atomic E-state index is 0.232. The Bertz CT molecular complexity index is 632. The summed E-state index contributed by atoms with van der Waals surface area (Å²) < 4.78 is 0. The van der Waals surface area contributed by atoms with Gasteiger partial charge in [-0.3, -0.25) is 9.59 Å². The molecule has 0 unspecified atom stereocenters. The van der Waals surface area contributed by atoms with Crippen molar-refractivity contribution in [3.05, 3.63) is 11.6 Å². The van der Waals surface area contributed by atoms with E-state index in [1.165, 1.54) is 50.5 Å². The van der Waals surface area contributed by atoms with Gasteiger partial charge in [-0.15, -0.1) is 0 Å². The van der Waals surface area contributed by atoms with Crippen molar-refractivity contribution in [3.63, 3.8) is 0 Å². The van der Waals surface area contributed by atoms with Crippen molar-refractivity contribution in [2.24, 2.45) is 40.9 Å². The molecule has 4 aliphatic carbocycles. The number of carbonyl (C=O) groups is 2. The zero-order valence-corrected chi connectivity index (χ0v) is 17.6. The van der Waals surface area contributed by atoms with E-state index >= 15 is 0 Å². The molecule has 0 aromatic heterocycles. The van der Waals surface area contributed by atoms with Gasteiger partial charge in [0, 0.05) is 12.3 Å². The van der Waals surface area contributed by atoms with Crippen LogP contribution in [0.5, 0.6) is 0 Å². The van der Waals surface area contributed by atoms with Crippen molar-refractivity contribution in [3.8, 4) is 0 Å². The molecule has 0 aromatic carbocycles. The Hall–Kier alpha value is -0.920. The van der Waals surface area contributed by atoms with E-state index < -0.39 is 0 Å². The Morgan fingerprint density at radius 3 is 2.70 bits per heavy atom. The molecule has 0 bridgehead atoms. The topological polar surface area (TPSA) is 34.1 Å². The van der Waals surface area contributed by atoms with Gasteiger partial charge < -0.3 is 0 Å². The minimum Gasteiger partial charge on any atom is -0.300 e. The van der Waals surface area contributed by atoms with Gasteiger partial charge in [-0.1, -0.05) is 45.1 Å². The third kappa shape index (κ3) is 3.25. The van der Waals surface area contributed by atoms with E-state index in [4.69, 9.17) is 0 Å². The Balaban J connectivity index is 1.66. The highest BCUT2D eigenvalue weighted by molar-refractivity contribution is 5.91. The first-order valence-corrected chi connectivity index (χ1v) is 11.7. The molecular weight excluding hydrogens is 332 g/mol. The number of rotatable bonds is 5. The number of unbranched alkanes of at least 4 members (excludes halogenated alkanes) is 2. The highest BCUT2D eigenvalue weighted by Gasteiger charge is 2.59. The molecule has 4 rings (SSSR count). The van der Waals surface area contributed by atoms with Crippen molar-refractivity contribution >= 4 is 11.6 Å². The summed E-state index contributed by atoms with van der Waals surface area (Å²) in [5.74, 6) is 4.80. The lowest BCUT2D eigenvalue weighted by molar-refractivity contribution is -0.130. The molecule has 0 saturated heterocycles. The number of hydrogen-bond donors (Lipinski definition) is 0. The Labute approximate surface area is 165 Å². The third-order valence-corrected chi connectivity index (χ3v) is 9.09. The van der Waals surface area contributed by atoms with E-state index in [0.29, 0.717) is 23.4 Å². The highest BCUT2D eigenvalue weighted by Crippen LogP contribution is 2.66. The molecule has 0 N–H and O–H groups in total. The van der Waals surface area contributed by atoms with Gasteiger partial charge >= 0.3 is 0 Å². The predicted octanol–water partition coefficient (Wildman–Crippen LogP) is 6.14. The van der Waals surface area contributed by atoms with Crippen molar-refractivity contribution in [1.82, 2.24) is 0 Å². The van der Waals surface area contributed by atoms with Crippen molar-refractivity contribution in [1.29, 1.82) is 0 Å². The summed E-state index contributed by atoms with van der Waals surface area (Å²) in [7, 11) is 0. The molecule has 0 amide bonds. The second-order valence-electron chi connectivity index (χ2n) is 10.4. The molecule has 2 nitrogen and oxygen atoms in total. The van der Waals surface area contributed by atoms with Gasteiger partial charge in [0.05, 0.1) is 0 Å². The van der Waals surface area contributed by atoms with Crippen LogP contribution in [0.15, 0.2) is 11.6 Å². The summed E-state index contributed by atoms with van der Waals surface area (Å²) in [6.07, 6.45) is 15.2. The molecule has 0 aromatic rings. The number of Topliss-reactive ketones (excluding diaryl/α,β-unsaturated/α-hetero) is 1. The number of ketones is 2. The van der Waals surface area contributed by atoms with Crippen molar-refractivity contribution in [2.75, 3.05) is 0 Å². The summed E-state index contributed by atoms with van der Waals surface area (Å²) in [4.78, 5) is 24.5. The largest absolute Gasteiger partial charge is 0.300 e. The van der Waals surface area contributed by atoms with Crippen LogP contribution in [0.4, 0.5) is 0 Å². The van der Waals surface area contributed by atoms with Crippen molar-refractivity contribution < 1.29 is 9.59 Å². The number of fused-ring (bicyclic) bond motifs is 5. The summed E-state index contributed by atoms with van der Waals surface area (Å²) in [6, 6.07) is 0. The zero-order valence-electron chi connectivity index (χ0n) is 17.6. The van der Waals surface area contributed by atoms with Gasteiger partial charge in [0.1, 0.15) is 5.78 Å². The molecule has 0 aliphatic heterocycles. The molecule has 2 heteroatoms. The van der Waals surface area contributed by atoms with E-state index in [2.05, 4.69) is 13.8 Å². The molecule has 7 atom stereocenters. The van der Waals surface area contributed by atoms with Gasteiger partial charge in [0.2, 0.25) is 0 Å². The average Bonchev–Trinajstić information content (AvgIpc) is 2.98. The van der Waals surface area contributed by atoms with E-state index in [1.807, 2.05) is 13.0 Å². The van der Waals surface area contributed by atoms with Gasteiger partial charge in [-0.05, 0) is 86.5 Å². The van der Waals surface area contributed by atoms with Gasteiger partial charge in [0.15, 0.2) is 5.78 Å². The molecule has 4 aliphatic rings. The molecular formula is C25H38O2. The van der Waals surface area contributed by atoms with Crippen LogP contribution in [-0.4, -0.2) is 11.6 Å². The van der Waals surface area contributed by atoms with Crippen LogP contribution in [0.25, 0.3) is 0 Å². The average molecular weight is 371 g/mol. The van der Waals surface area contributed by atoms with Gasteiger partial charge in [0.25, 0.3) is 0 Å². The fourth-order valence-corrected chi connectivity index (χ4v) is 8.12. The molecule has 150 valence electrons. The molecule has 27 heavy (non-hydrogen) atoms. The van der Waals surface area contributed by atoms with E-state index in [0.717, 1.165) is 49.4 Å². The van der Waals surface area contributed by atoms with Gasteiger partial charge in [-0.2, -0.15) is 0 Å². The molecule has 3 saturated carbocycles. The molecule has 0 heterocycles. The second-order valence-corrected chi connectivity index (χ2v) is 10.4. The molecule has 0 radical (unpaired) electrons. The first-order chi connectivity index (χ1) is 13.0. The zero-order chi connectivity index (χ0) is 19.2. The first kappa shape index (κ1) is 19.4. The quantitative estimate of drug-likeness (QED) is 0.545. The van der Waals surface area contributed by atoms with Crippen LogP contribution in [0.2, 0.25) is 0 Å². The van der Waals surface area contributed by atoms with Crippen LogP contribution in [-0.2, 0) is 9.59 Å². The maximum Gasteiger partial charge on any atom is 0.155 e. The van der Waals surface area contributed by atoms with Gasteiger partial charge in [-0.25, -0.2) is 0 Å². The summed E-state index contributed by atoms with van der Waals surface area (Å²) >= 11 is 0. The standard InChI is InChI=1S/C25H38O2/c1-4-5-6-7-18-15-25(3)22(16(2)26)12-13-23(25)21-10-8-17-14-19(27)9-11-20(17)24(18)21/h14,18,20-24H,4-13,15H2,1-3H3/t18-,20-,21-,22+,23-,24+,25+/m0/s1. The lowest BCUT2D eigenvalue weighted by atomic mass is 9.47. The molecule has 3 fully saturated rings. The number of allylic oxidation sites excluding steroid dienone is 1. The Kier molecular flexibility index (Phi) is 5.38. The first-order valence-electron chi connectivity index (χ1n) is 11.7. The van der Waals surface area contributed by atoms with Crippen molar-refractivity contribution in [2.45, 2.75) is 91.4 Å². The van der Waals surface area contributed by atoms with E-state index in [-0.39, 0.29) is 5.41 Å². The smallest absolute Gasteiger partial charge is 0.155 e. The molecule has 0 spiro atoms. The fraction of sp³-hybridized carbons (Fsp3) is 0.840.